The topological polar surface area (TPSA) is 87.4 Å². The van der Waals surface area contributed by atoms with Gasteiger partial charge in [-0.1, -0.05) is 36.4 Å². The Morgan fingerprint density at radius 3 is 2.42 bits per heavy atom. The summed E-state index contributed by atoms with van der Waals surface area (Å²) in [5.74, 6) is 1.14. The average Bonchev–Trinajstić information content (AvgIpc) is 3.45. The van der Waals surface area contributed by atoms with Crippen molar-refractivity contribution in [1.29, 1.82) is 0 Å². The zero-order valence-electron chi connectivity index (χ0n) is 29.9. The quantitative estimate of drug-likeness (QED) is 0.119. The molecule has 0 unspecified atom stereocenters. The summed E-state index contributed by atoms with van der Waals surface area (Å²) in [5.41, 5.74) is 6.02. The van der Waals surface area contributed by atoms with Crippen LogP contribution in [0.1, 0.15) is 77.3 Å². The van der Waals surface area contributed by atoms with Crippen molar-refractivity contribution < 1.29 is 23.7 Å². The molecule has 0 radical (unpaired) electrons. The lowest BCUT2D eigenvalue weighted by Gasteiger charge is -2.41. The SMILES string of the molecule is C=CCOC1(C)CCN(c2c([C@H](OC(C)(C)C)C(=O)OC)c(C)nc3cc(-c4cccc(-c5ccc(C)cc5OC(C)C)c4)nn23)CC1. The van der Waals surface area contributed by atoms with Gasteiger partial charge in [-0.2, -0.15) is 9.61 Å². The van der Waals surface area contributed by atoms with Gasteiger partial charge in [0.2, 0.25) is 0 Å². The molecule has 5 rings (SSSR count). The van der Waals surface area contributed by atoms with Crippen LogP contribution in [-0.2, 0) is 19.0 Å². The van der Waals surface area contributed by atoms with E-state index in [1.807, 2.05) is 58.2 Å². The summed E-state index contributed by atoms with van der Waals surface area (Å²) >= 11 is 0. The van der Waals surface area contributed by atoms with Crippen molar-refractivity contribution in [3.63, 3.8) is 0 Å². The first kappa shape index (κ1) is 35.1. The van der Waals surface area contributed by atoms with Crippen molar-refractivity contribution in [2.24, 2.45) is 0 Å². The van der Waals surface area contributed by atoms with Gasteiger partial charge in [0.25, 0.3) is 0 Å². The number of hydrogen-bond donors (Lipinski definition) is 0. The van der Waals surface area contributed by atoms with E-state index in [4.69, 9.17) is 29.0 Å². The molecule has 1 aliphatic rings. The van der Waals surface area contributed by atoms with Gasteiger partial charge in [-0.05, 0) is 91.5 Å². The number of aryl methyl sites for hydroxylation is 2. The van der Waals surface area contributed by atoms with Crippen LogP contribution >= 0.6 is 0 Å². The van der Waals surface area contributed by atoms with Gasteiger partial charge in [0.05, 0.1) is 42.3 Å². The predicted octanol–water partition coefficient (Wildman–Crippen LogP) is 8.06. The monoisotopic (exact) mass is 654 g/mol. The minimum atomic E-state index is -0.996. The second-order valence-electron chi connectivity index (χ2n) is 14.2. The van der Waals surface area contributed by atoms with E-state index in [1.165, 1.54) is 7.11 Å². The number of ether oxygens (including phenoxy) is 4. The average molecular weight is 655 g/mol. The molecular formula is C39H50N4O5. The Kier molecular flexibility index (Phi) is 10.3. The van der Waals surface area contributed by atoms with E-state index in [2.05, 4.69) is 61.7 Å². The summed E-state index contributed by atoms with van der Waals surface area (Å²) in [6.45, 7) is 21.7. The summed E-state index contributed by atoms with van der Waals surface area (Å²) in [5, 5.41) is 5.16. The van der Waals surface area contributed by atoms with Gasteiger partial charge in [0, 0.05) is 36.0 Å². The van der Waals surface area contributed by atoms with Crippen molar-refractivity contribution >= 4 is 17.4 Å². The van der Waals surface area contributed by atoms with Crippen LogP contribution < -0.4 is 9.64 Å². The van der Waals surface area contributed by atoms with Crippen LogP contribution in [0.3, 0.4) is 0 Å². The lowest BCUT2D eigenvalue weighted by Crippen LogP contribution is -2.45. The third-order valence-electron chi connectivity index (χ3n) is 8.59. The highest BCUT2D eigenvalue weighted by Gasteiger charge is 2.38. The molecule has 0 bridgehead atoms. The number of hydrogen-bond acceptors (Lipinski definition) is 8. The first-order valence-corrected chi connectivity index (χ1v) is 16.8. The molecule has 4 aromatic rings. The van der Waals surface area contributed by atoms with Gasteiger partial charge in [-0.3, -0.25) is 0 Å². The summed E-state index contributed by atoms with van der Waals surface area (Å²) < 4.78 is 25.9. The third-order valence-corrected chi connectivity index (χ3v) is 8.59. The van der Waals surface area contributed by atoms with Gasteiger partial charge in [-0.15, -0.1) is 6.58 Å². The molecule has 2 aromatic heterocycles. The van der Waals surface area contributed by atoms with Crippen molar-refractivity contribution in [3.8, 4) is 28.1 Å². The number of aromatic nitrogens is 3. The Hall–Kier alpha value is -4.21. The van der Waals surface area contributed by atoms with Crippen LogP contribution in [0.2, 0.25) is 0 Å². The van der Waals surface area contributed by atoms with E-state index in [1.54, 1.807) is 6.08 Å². The fourth-order valence-corrected chi connectivity index (χ4v) is 6.21. The van der Waals surface area contributed by atoms with Crippen LogP contribution in [0.4, 0.5) is 5.82 Å². The van der Waals surface area contributed by atoms with E-state index in [0.717, 1.165) is 52.4 Å². The number of carbonyl (C=O) groups excluding carboxylic acids is 1. The molecule has 9 heteroatoms. The first-order valence-electron chi connectivity index (χ1n) is 16.8. The molecule has 48 heavy (non-hydrogen) atoms. The van der Waals surface area contributed by atoms with E-state index in [-0.39, 0.29) is 11.7 Å². The van der Waals surface area contributed by atoms with Crippen molar-refractivity contribution in [2.45, 2.75) is 91.6 Å². The minimum absolute atomic E-state index is 0.0476. The normalized spacial score (nSPS) is 15.5. The van der Waals surface area contributed by atoms with Crippen LogP contribution in [0, 0.1) is 13.8 Å². The second-order valence-corrected chi connectivity index (χ2v) is 14.2. The molecule has 2 aromatic carbocycles. The number of fused-ring (bicyclic) bond motifs is 1. The summed E-state index contributed by atoms with van der Waals surface area (Å²) in [7, 11) is 1.39. The highest BCUT2D eigenvalue weighted by molar-refractivity contribution is 5.81. The molecule has 1 aliphatic heterocycles. The number of rotatable bonds is 11. The molecule has 0 spiro atoms. The minimum Gasteiger partial charge on any atom is -0.490 e. The maximum Gasteiger partial charge on any atom is 0.339 e. The number of benzene rings is 2. The highest BCUT2D eigenvalue weighted by atomic mass is 16.6. The maximum atomic E-state index is 13.4. The summed E-state index contributed by atoms with van der Waals surface area (Å²) in [4.78, 5) is 20.6. The summed E-state index contributed by atoms with van der Waals surface area (Å²) in [6.07, 6.45) is 2.42. The zero-order valence-corrected chi connectivity index (χ0v) is 29.9. The molecule has 0 saturated carbocycles. The lowest BCUT2D eigenvalue weighted by molar-refractivity contribution is -0.164. The Bertz CT molecular complexity index is 1780. The Labute approximate surface area is 284 Å². The molecule has 1 atom stereocenters. The van der Waals surface area contributed by atoms with Crippen LogP contribution in [0.5, 0.6) is 5.75 Å². The van der Waals surface area contributed by atoms with Crippen molar-refractivity contribution in [3.05, 3.63) is 78.0 Å². The van der Waals surface area contributed by atoms with Gasteiger partial charge in [0.15, 0.2) is 11.8 Å². The lowest BCUT2D eigenvalue weighted by atomic mass is 9.92. The molecule has 0 amide bonds. The highest BCUT2D eigenvalue weighted by Crippen LogP contribution is 2.39. The number of methoxy groups -OCH3 is 1. The number of nitrogens with zero attached hydrogens (tertiary/aromatic N) is 4. The molecular weight excluding hydrogens is 604 g/mol. The van der Waals surface area contributed by atoms with Gasteiger partial charge in [0.1, 0.15) is 11.6 Å². The van der Waals surface area contributed by atoms with E-state index in [9.17, 15) is 4.79 Å². The molecule has 0 N–H and O–H groups in total. The van der Waals surface area contributed by atoms with E-state index in [0.29, 0.717) is 36.6 Å². The molecule has 0 aliphatic carbocycles. The van der Waals surface area contributed by atoms with E-state index >= 15 is 0 Å². The Morgan fingerprint density at radius 2 is 1.77 bits per heavy atom. The second kappa shape index (κ2) is 14.1. The van der Waals surface area contributed by atoms with Gasteiger partial charge >= 0.3 is 5.97 Å². The largest absolute Gasteiger partial charge is 0.490 e. The number of carbonyl (C=O) groups is 1. The molecule has 1 fully saturated rings. The molecule has 9 nitrogen and oxygen atoms in total. The smallest absolute Gasteiger partial charge is 0.339 e. The standard InChI is InChI=1S/C39H50N4O5/c1-11-21-46-39(9)17-19-42(20-18-39)36-34(35(37(44)45-10)48-38(6,7)8)27(5)40-33-24-31(41-43(33)36)29-14-12-13-28(23-29)30-16-15-26(4)22-32(30)47-25(2)3/h11-16,22-25,35H,1,17-21H2,2-10H3/t35-/m0/s1. The van der Waals surface area contributed by atoms with Crippen LogP contribution in [0.25, 0.3) is 28.0 Å². The van der Waals surface area contributed by atoms with Gasteiger partial charge < -0.3 is 23.8 Å². The predicted molar refractivity (Wildman–Crippen MR) is 191 cm³/mol. The zero-order chi connectivity index (χ0) is 34.8. The first-order chi connectivity index (χ1) is 22.7. The number of anilines is 1. The fourth-order valence-electron chi connectivity index (χ4n) is 6.21. The fraction of sp³-hybridized carbons (Fsp3) is 0.462. The van der Waals surface area contributed by atoms with Crippen molar-refractivity contribution in [1.82, 2.24) is 14.6 Å². The van der Waals surface area contributed by atoms with Crippen LogP contribution in [0.15, 0.2) is 61.2 Å². The van der Waals surface area contributed by atoms with Crippen molar-refractivity contribution in [2.75, 3.05) is 31.7 Å². The van der Waals surface area contributed by atoms with Gasteiger partial charge in [-0.25, -0.2) is 9.78 Å². The van der Waals surface area contributed by atoms with E-state index < -0.39 is 17.7 Å². The Morgan fingerprint density at radius 1 is 1.06 bits per heavy atom. The summed E-state index contributed by atoms with van der Waals surface area (Å²) in [6, 6.07) is 16.6. The maximum absolute atomic E-state index is 13.4. The number of piperidine rings is 1. The molecule has 3 heterocycles. The molecule has 256 valence electrons. The third kappa shape index (κ3) is 7.74. The van der Waals surface area contributed by atoms with Crippen LogP contribution in [-0.4, -0.2) is 64.7 Å². The Balaban J connectivity index is 1.65. The number of esters is 1. The molecule has 1 saturated heterocycles.